The van der Waals surface area contributed by atoms with Gasteiger partial charge >= 0.3 is 6.03 Å². The zero-order valence-corrected chi connectivity index (χ0v) is 24.8. The maximum Gasteiger partial charge on any atom is 0.318 e. The summed E-state index contributed by atoms with van der Waals surface area (Å²) in [6, 6.07) is 6.85. The van der Waals surface area contributed by atoms with Crippen molar-refractivity contribution in [2.75, 3.05) is 25.5 Å². The molecule has 7 rings (SSSR count). The Balaban J connectivity index is 1.10. The molecule has 43 heavy (non-hydrogen) atoms. The molecule has 5 amide bonds. The molecule has 1 spiro atoms. The number of benzene rings is 1. The van der Waals surface area contributed by atoms with Crippen LogP contribution in [0.25, 0.3) is 0 Å². The van der Waals surface area contributed by atoms with Gasteiger partial charge in [-0.25, -0.2) is 4.79 Å². The Bertz CT molecular complexity index is 1460. The number of carbonyl (C=O) groups is 4. The molecule has 228 valence electrons. The van der Waals surface area contributed by atoms with Crippen LogP contribution in [0.3, 0.4) is 0 Å². The van der Waals surface area contributed by atoms with Gasteiger partial charge < -0.3 is 26.2 Å². The number of amides is 5. The second-order valence-electron chi connectivity index (χ2n) is 13.4. The summed E-state index contributed by atoms with van der Waals surface area (Å²) >= 11 is 0. The van der Waals surface area contributed by atoms with E-state index in [0.29, 0.717) is 37.3 Å². The predicted octanol–water partition coefficient (Wildman–Crippen LogP) is 2.92. The molecule has 1 saturated heterocycles. The fourth-order valence-corrected chi connectivity index (χ4v) is 7.52. The third kappa shape index (κ3) is 5.16. The van der Waals surface area contributed by atoms with E-state index in [9.17, 15) is 19.2 Å². The summed E-state index contributed by atoms with van der Waals surface area (Å²) in [5, 5.41) is 16.3. The molecule has 1 unspecified atom stereocenters. The van der Waals surface area contributed by atoms with Crippen molar-refractivity contribution in [2.45, 2.75) is 88.3 Å². The van der Waals surface area contributed by atoms with Gasteiger partial charge in [0.05, 0.1) is 6.04 Å². The van der Waals surface area contributed by atoms with E-state index in [0.717, 1.165) is 68.9 Å². The Morgan fingerprint density at radius 3 is 2.51 bits per heavy atom. The highest BCUT2D eigenvalue weighted by atomic mass is 16.2. The topological polar surface area (TPSA) is 137 Å². The van der Waals surface area contributed by atoms with E-state index in [1.807, 2.05) is 18.2 Å². The fraction of sp³-hybridized carbons (Fsp3) is 0.594. The van der Waals surface area contributed by atoms with Gasteiger partial charge in [-0.3, -0.25) is 19.1 Å². The molecular weight excluding hydrogens is 546 g/mol. The lowest BCUT2D eigenvalue weighted by atomic mass is 9.83. The van der Waals surface area contributed by atoms with Gasteiger partial charge in [-0.15, -0.1) is 0 Å². The maximum absolute atomic E-state index is 13.8. The number of nitrogens with zero attached hydrogens (tertiary/aromatic N) is 3. The number of rotatable bonds is 8. The van der Waals surface area contributed by atoms with Crippen LogP contribution < -0.4 is 21.3 Å². The molecule has 0 bridgehead atoms. The molecule has 4 aliphatic carbocycles. The van der Waals surface area contributed by atoms with Crippen molar-refractivity contribution in [3.05, 3.63) is 47.3 Å². The van der Waals surface area contributed by atoms with Gasteiger partial charge in [0.15, 0.2) is 0 Å². The molecule has 11 heteroatoms. The molecule has 1 aromatic carbocycles. The Morgan fingerprint density at radius 2 is 1.79 bits per heavy atom. The molecule has 2 aromatic rings. The first-order chi connectivity index (χ1) is 20.8. The Hall–Kier alpha value is -3.89. The van der Waals surface area contributed by atoms with Crippen LogP contribution in [0.1, 0.15) is 85.4 Å². The summed E-state index contributed by atoms with van der Waals surface area (Å²) in [5.41, 5.74) is 2.11. The second-order valence-corrected chi connectivity index (χ2v) is 13.4. The number of hydrogen-bond donors (Lipinski definition) is 4. The molecular formula is C32H41N7O4. The molecule has 1 aliphatic heterocycles. The number of carbonyl (C=O) groups excluding carboxylic acids is 4. The van der Waals surface area contributed by atoms with Crippen molar-refractivity contribution >= 4 is 29.4 Å². The standard InChI is InChI=1S/C32H41N7O4/c1-33-29(42)32(38-19-31(12-13-31)18-34-30(38)43)16-21-7-8-23(15-22(21)17-32)36-28(41)26(20-5-3-2-4-6-20)37-27(40)25-11-14-35-39(25)24-9-10-24/h7-8,11,14-15,20,24,26H,2-6,9-10,12-13,16-19H2,1H3,(H,33,42)(H,34,43)(H,36,41)(H,37,40)/t26-,32?/m0/s1. The number of likely N-dealkylation sites (N-methyl/N-ethyl adjacent to an activating group) is 1. The minimum absolute atomic E-state index is 0.0534. The first-order valence-corrected chi connectivity index (χ1v) is 15.9. The van der Waals surface area contributed by atoms with Crippen LogP contribution in [-0.4, -0.2) is 70.2 Å². The molecule has 1 aromatic heterocycles. The predicted molar refractivity (Wildman–Crippen MR) is 159 cm³/mol. The van der Waals surface area contributed by atoms with Crippen molar-refractivity contribution in [2.24, 2.45) is 11.3 Å². The number of anilines is 1. The largest absolute Gasteiger partial charge is 0.357 e. The van der Waals surface area contributed by atoms with Crippen LogP contribution in [0.15, 0.2) is 30.5 Å². The van der Waals surface area contributed by atoms with Gasteiger partial charge in [0.1, 0.15) is 17.3 Å². The van der Waals surface area contributed by atoms with Gasteiger partial charge in [0, 0.05) is 50.3 Å². The summed E-state index contributed by atoms with van der Waals surface area (Å²) in [4.78, 5) is 55.5. The van der Waals surface area contributed by atoms with E-state index in [1.165, 1.54) is 0 Å². The van der Waals surface area contributed by atoms with Crippen molar-refractivity contribution in [1.82, 2.24) is 30.6 Å². The second kappa shape index (κ2) is 10.7. The molecule has 3 saturated carbocycles. The van der Waals surface area contributed by atoms with Gasteiger partial charge in [0.2, 0.25) is 11.8 Å². The summed E-state index contributed by atoms with van der Waals surface area (Å²) in [5.74, 6) is -0.627. The third-order valence-electron chi connectivity index (χ3n) is 10.4. The lowest BCUT2D eigenvalue weighted by molar-refractivity contribution is -0.131. The minimum Gasteiger partial charge on any atom is -0.357 e. The third-order valence-corrected chi connectivity index (χ3v) is 10.4. The lowest BCUT2D eigenvalue weighted by Crippen LogP contribution is -2.67. The van der Waals surface area contributed by atoms with Crippen LogP contribution in [0.5, 0.6) is 0 Å². The molecule has 11 nitrogen and oxygen atoms in total. The molecule has 5 aliphatic rings. The summed E-state index contributed by atoms with van der Waals surface area (Å²) in [6.07, 6.45) is 11.6. The van der Waals surface area contributed by atoms with E-state index >= 15 is 0 Å². The summed E-state index contributed by atoms with van der Waals surface area (Å²) < 4.78 is 1.78. The van der Waals surface area contributed by atoms with Crippen LogP contribution >= 0.6 is 0 Å². The molecule has 0 radical (unpaired) electrons. The number of fused-ring (bicyclic) bond motifs is 1. The molecule has 4 N–H and O–H groups in total. The normalized spacial score (nSPS) is 25.0. The first kappa shape index (κ1) is 27.9. The highest BCUT2D eigenvalue weighted by Gasteiger charge is 2.57. The van der Waals surface area contributed by atoms with Crippen molar-refractivity contribution < 1.29 is 19.2 Å². The van der Waals surface area contributed by atoms with Gasteiger partial charge in [0.25, 0.3) is 5.91 Å². The van der Waals surface area contributed by atoms with Crippen LogP contribution in [0.4, 0.5) is 10.5 Å². The van der Waals surface area contributed by atoms with Crippen molar-refractivity contribution in [3.63, 3.8) is 0 Å². The van der Waals surface area contributed by atoms with Gasteiger partial charge in [-0.05, 0) is 73.8 Å². The Labute approximate surface area is 251 Å². The van der Waals surface area contributed by atoms with Crippen LogP contribution in [0, 0.1) is 11.3 Å². The van der Waals surface area contributed by atoms with E-state index < -0.39 is 11.6 Å². The Morgan fingerprint density at radius 1 is 1.02 bits per heavy atom. The zero-order valence-electron chi connectivity index (χ0n) is 24.8. The van der Waals surface area contributed by atoms with E-state index in [1.54, 1.807) is 28.9 Å². The first-order valence-electron chi connectivity index (χ1n) is 15.9. The zero-order chi connectivity index (χ0) is 29.8. The Kier molecular flexibility index (Phi) is 6.93. The smallest absolute Gasteiger partial charge is 0.318 e. The average molecular weight is 588 g/mol. The molecule has 2 heterocycles. The maximum atomic E-state index is 13.8. The summed E-state index contributed by atoms with van der Waals surface area (Å²) in [7, 11) is 1.62. The van der Waals surface area contributed by atoms with E-state index in [2.05, 4.69) is 26.4 Å². The lowest BCUT2D eigenvalue weighted by Gasteiger charge is -2.44. The van der Waals surface area contributed by atoms with E-state index in [-0.39, 0.29) is 41.1 Å². The molecule has 2 atom stereocenters. The van der Waals surface area contributed by atoms with E-state index in [4.69, 9.17) is 0 Å². The van der Waals surface area contributed by atoms with Gasteiger partial charge in [-0.2, -0.15) is 5.10 Å². The van der Waals surface area contributed by atoms with Crippen LogP contribution in [0.2, 0.25) is 0 Å². The number of urea groups is 1. The highest BCUT2D eigenvalue weighted by Crippen LogP contribution is 2.49. The SMILES string of the molecule is CNC(=O)C1(N2CC3(CC3)CNC2=O)Cc2ccc(NC(=O)[C@@H](NC(=O)c3ccnn3C3CC3)C3CCCCC3)cc2C1. The van der Waals surface area contributed by atoms with Gasteiger partial charge in [-0.1, -0.05) is 25.3 Å². The fourth-order valence-electron chi connectivity index (χ4n) is 7.52. The highest BCUT2D eigenvalue weighted by molar-refractivity contribution is 6.01. The average Bonchev–Trinajstić information content (AvgIpc) is 3.92. The summed E-state index contributed by atoms with van der Waals surface area (Å²) in [6.45, 7) is 1.24. The quantitative estimate of drug-likeness (QED) is 0.377. The monoisotopic (exact) mass is 587 g/mol. The number of hydrogen-bond acceptors (Lipinski definition) is 5. The number of nitrogens with one attached hydrogen (secondary N) is 4. The van der Waals surface area contributed by atoms with Crippen molar-refractivity contribution in [1.29, 1.82) is 0 Å². The minimum atomic E-state index is -1.01. The molecule has 4 fully saturated rings. The van der Waals surface area contributed by atoms with Crippen LogP contribution in [-0.2, 0) is 22.4 Å². The van der Waals surface area contributed by atoms with Crippen molar-refractivity contribution in [3.8, 4) is 0 Å². The number of aromatic nitrogens is 2.